The molecule has 0 aliphatic heterocycles. The molecule has 20 heavy (non-hydrogen) atoms. The van der Waals surface area contributed by atoms with Crippen molar-refractivity contribution in [1.82, 2.24) is 0 Å². The van der Waals surface area contributed by atoms with Gasteiger partial charge in [-0.15, -0.1) is 11.3 Å². The van der Waals surface area contributed by atoms with Crippen LogP contribution in [0.2, 0.25) is 0 Å². The zero-order valence-electron chi connectivity index (χ0n) is 12.1. The van der Waals surface area contributed by atoms with Crippen LogP contribution < -0.4 is 9.47 Å². The average molecular weight is 292 g/mol. The van der Waals surface area contributed by atoms with E-state index in [0.717, 1.165) is 17.7 Å². The van der Waals surface area contributed by atoms with E-state index in [4.69, 9.17) is 9.47 Å². The summed E-state index contributed by atoms with van der Waals surface area (Å²) < 4.78 is 11.1. The number of aliphatic hydroxyl groups is 1. The van der Waals surface area contributed by atoms with E-state index >= 15 is 0 Å². The topological polar surface area (TPSA) is 38.7 Å². The lowest BCUT2D eigenvalue weighted by Crippen LogP contribution is -2.00. The fraction of sp³-hybridized carbons (Fsp3) is 0.375. The van der Waals surface area contributed by atoms with Gasteiger partial charge in [-0.25, -0.2) is 0 Å². The van der Waals surface area contributed by atoms with Gasteiger partial charge in [0.1, 0.15) is 18.1 Å². The minimum Gasteiger partial charge on any atom is -0.497 e. The minimum absolute atomic E-state index is 0.511. The molecular formula is C16H20O3S. The van der Waals surface area contributed by atoms with Gasteiger partial charge in [-0.3, -0.25) is 0 Å². The Labute approximate surface area is 123 Å². The van der Waals surface area contributed by atoms with E-state index in [1.54, 1.807) is 25.4 Å². The predicted octanol–water partition coefficient (Wildman–Crippen LogP) is 3.95. The maximum absolute atomic E-state index is 9.79. The second-order valence-electron chi connectivity index (χ2n) is 4.59. The number of ether oxygens (including phenoxy) is 2. The maximum atomic E-state index is 9.79. The van der Waals surface area contributed by atoms with Gasteiger partial charge in [0, 0.05) is 21.4 Å². The molecule has 3 nitrogen and oxygen atoms in total. The van der Waals surface area contributed by atoms with Gasteiger partial charge in [0.15, 0.2) is 0 Å². The zero-order valence-corrected chi connectivity index (χ0v) is 12.9. The van der Waals surface area contributed by atoms with Crippen molar-refractivity contribution in [3.63, 3.8) is 0 Å². The predicted molar refractivity (Wildman–Crippen MR) is 81.7 cm³/mol. The normalized spacial score (nSPS) is 12.2. The summed E-state index contributed by atoms with van der Waals surface area (Å²) in [7, 11) is 1.62. The second kappa shape index (κ2) is 6.77. The Morgan fingerprint density at radius 1 is 1.20 bits per heavy atom. The summed E-state index contributed by atoms with van der Waals surface area (Å²) >= 11 is 1.76. The Balaban J connectivity index is 2.14. The number of methoxy groups -OCH3 is 1. The first kappa shape index (κ1) is 14.9. The van der Waals surface area contributed by atoms with Crippen molar-refractivity contribution in [2.24, 2.45) is 0 Å². The van der Waals surface area contributed by atoms with Crippen LogP contribution in [0.1, 0.15) is 35.3 Å². The Morgan fingerprint density at radius 3 is 2.55 bits per heavy atom. The molecule has 1 aromatic heterocycles. The van der Waals surface area contributed by atoms with E-state index in [9.17, 15) is 5.11 Å². The highest BCUT2D eigenvalue weighted by Crippen LogP contribution is 2.30. The van der Waals surface area contributed by atoms with Crippen LogP contribution in [0.4, 0.5) is 0 Å². The molecule has 0 aliphatic carbocycles. The first-order valence-corrected chi connectivity index (χ1v) is 7.52. The molecule has 1 atom stereocenters. The first-order valence-electron chi connectivity index (χ1n) is 6.70. The molecule has 1 heterocycles. The van der Waals surface area contributed by atoms with Crippen LogP contribution in [0.25, 0.3) is 0 Å². The molecule has 1 unspecified atom stereocenters. The maximum Gasteiger partial charge on any atom is 0.129 e. The van der Waals surface area contributed by atoms with Crippen LogP contribution in [0.5, 0.6) is 11.5 Å². The average Bonchev–Trinajstić information content (AvgIpc) is 2.92. The van der Waals surface area contributed by atoms with E-state index in [-0.39, 0.29) is 0 Å². The molecule has 108 valence electrons. The molecule has 0 aliphatic rings. The van der Waals surface area contributed by atoms with Crippen LogP contribution in [-0.4, -0.2) is 12.2 Å². The van der Waals surface area contributed by atoms with Gasteiger partial charge in [-0.1, -0.05) is 6.92 Å². The van der Waals surface area contributed by atoms with Gasteiger partial charge >= 0.3 is 0 Å². The summed E-state index contributed by atoms with van der Waals surface area (Å²) in [4.78, 5) is 2.53. The molecule has 2 aromatic rings. The monoisotopic (exact) mass is 292 g/mol. The van der Waals surface area contributed by atoms with Gasteiger partial charge in [-0.2, -0.15) is 0 Å². The second-order valence-corrected chi connectivity index (χ2v) is 5.84. The van der Waals surface area contributed by atoms with Crippen molar-refractivity contribution in [2.75, 3.05) is 7.11 Å². The molecule has 0 saturated carbocycles. The Hall–Kier alpha value is -1.52. The van der Waals surface area contributed by atoms with E-state index in [1.165, 1.54) is 9.75 Å². The van der Waals surface area contributed by atoms with Crippen molar-refractivity contribution in [1.29, 1.82) is 0 Å². The van der Waals surface area contributed by atoms with E-state index in [0.29, 0.717) is 12.4 Å². The SMILES string of the molecule is CCc1ccc(COc2cc(OC)ccc2C(C)O)s1. The van der Waals surface area contributed by atoms with Gasteiger partial charge < -0.3 is 14.6 Å². The lowest BCUT2D eigenvalue weighted by molar-refractivity contribution is 0.190. The van der Waals surface area contributed by atoms with E-state index < -0.39 is 6.10 Å². The molecule has 0 radical (unpaired) electrons. The summed E-state index contributed by atoms with van der Waals surface area (Å²) in [6.07, 6.45) is 0.480. The van der Waals surface area contributed by atoms with Crippen LogP contribution >= 0.6 is 11.3 Å². The number of benzene rings is 1. The lowest BCUT2D eigenvalue weighted by atomic mass is 10.1. The van der Waals surface area contributed by atoms with Crippen molar-refractivity contribution in [2.45, 2.75) is 33.0 Å². The fourth-order valence-electron chi connectivity index (χ4n) is 1.95. The molecule has 0 bridgehead atoms. The molecule has 4 heteroatoms. The Bertz CT molecular complexity index is 561. The highest BCUT2D eigenvalue weighted by atomic mass is 32.1. The lowest BCUT2D eigenvalue weighted by Gasteiger charge is -2.14. The van der Waals surface area contributed by atoms with Crippen LogP contribution in [-0.2, 0) is 13.0 Å². The van der Waals surface area contributed by atoms with Crippen LogP contribution in [0, 0.1) is 0 Å². The van der Waals surface area contributed by atoms with E-state index in [1.807, 2.05) is 18.2 Å². The highest BCUT2D eigenvalue weighted by Gasteiger charge is 2.11. The minimum atomic E-state index is -0.564. The molecule has 1 aromatic carbocycles. The number of aryl methyl sites for hydroxylation is 1. The number of hydrogen-bond acceptors (Lipinski definition) is 4. The smallest absolute Gasteiger partial charge is 0.129 e. The van der Waals surface area contributed by atoms with Gasteiger partial charge in [0.05, 0.1) is 13.2 Å². The summed E-state index contributed by atoms with van der Waals surface area (Å²) in [6.45, 7) is 4.39. The summed E-state index contributed by atoms with van der Waals surface area (Å²) in [5.74, 6) is 1.40. The third-order valence-corrected chi connectivity index (χ3v) is 4.31. The van der Waals surface area contributed by atoms with Gasteiger partial charge in [0.25, 0.3) is 0 Å². The van der Waals surface area contributed by atoms with Crippen LogP contribution in [0.15, 0.2) is 30.3 Å². The quantitative estimate of drug-likeness (QED) is 0.876. The number of hydrogen-bond donors (Lipinski definition) is 1. The van der Waals surface area contributed by atoms with Crippen molar-refractivity contribution in [3.8, 4) is 11.5 Å². The first-order chi connectivity index (χ1) is 9.63. The van der Waals surface area contributed by atoms with Gasteiger partial charge in [-0.05, 0) is 37.6 Å². The number of aliphatic hydroxyl groups excluding tert-OH is 1. The van der Waals surface area contributed by atoms with Gasteiger partial charge in [0.2, 0.25) is 0 Å². The molecule has 0 saturated heterocycles. The molecule has 0 spiro atoms. The Kier molecular flexibility index (Phi) is 5.04. The molecule has 2 rings (SSSR count). The number of rotatable bonds is 6. The highest BCUT2D eigenvalue weighted by molar-refractivity contribution is 7.11. The van der Waals surface area contributed by atoms with Crippen molar-refractivity contribution in [3.05, 3.63) is 45.6 Å². The third-order valence-electron chi connectivity index (χ3n) is 3.11. The standard InChI is InChI=1S/C16H20O3S/c1-4-13-6-7-14(20-13)10-19-16-9-12(18-3)5-8-15(16)11(2)17/h5-9,11,17H,4,10H2,1-3H3. The fourth-order valence-corrected chi connectivity index (χ4v) is 2.82. The Morgan fingerprint density at radius 2 is 1.95 bits per heavy atom. The molecular weight excluding hydrogens is 272 g/mol. The van der Waals surface area contributed by atoms with Crippen LogP contribution in [0.3, 0.4) is 0 Å². The van der Waals surface area contributed by atoms with Crippen molar-refractivity contribution >= 4 is 11.3 Å². The summed E-state index contributed by atoms with van der Waals surface area (Å²) in [5.41, 5.74) is 0.776. The summed E-state index contributed by atoms with van der Waals surface area (Å²) in [5, 5.41) is 9.79. The van der Waals surface area contributed by atoms with E-state index in [2.05, 4.69) is 19.1 Å². The molecule has 0 amide bonds. The summed E-state index contributed by atoms with van der Waals surface area (Å²) in [6, 6.07) is 9.70. The largest absolute Gasteiger partial charge is 0.497 e. The molecule has 0 fully saturated rings. The zero-order chi connectivity index (χ0) is 14.5. The third kappa shape index (κ3) is 3.52. The number of thiophene rings is 1. The van der Waals surface area contributed by atoms with Crippen molar-refractivity contribution < 1.29 is 14.6 Å². The molecule has 1 N–H and O–H groups in total.